The normalized spacial score (nSPS) is 15.3. The van der Waals surface area contributed by atoms with Gasteiger partial charge in [0.2, 0.25) is 0 Å². The zero-order chi connectivity index (χ0) is 9.73. The van der Waals surface area contributed by atoms with E-state index < -0.39 is 0 Å². The van der Waals surface area contributed by atoms with Crippen LogP contribution in [-0.2, 0) is 6.42 Å². The molecule has 0 radical (unpaired) electrons. The zero-order valence-corrected chi connectivity index (χ0v) is 8.59. The van der Waals surface area contributed by atoms with Gasteiger partial charge in [-0.3, -0.25) is 0 Å². The maximum atomic E-state index is 6.06. The average Bonchev–Trinajstić information content (AvgIpc) is 2.17. The Morgan fingerprint density at radius 2 is 1.85 bits per heavy atom. The second-order valence-corrected chi connectivity index (χ2v) is 3.99. The van der Waals surface area contributed by atoms with E-state index in [-0.39, 0.29) is 5.54 Å². The van der Waals surface area contributed by atoms with Crippen molar-refractivity contribution in [3.63, 3.8) is 0 Å². The fourth-order valence-corrected chi connectivity index (χ4v) is 1.25. The van der Waals surface area contributed by atoms with E-state index in [4.69, 9.17) is 5.73 Å². The standard InChI is InChI=1S/C12H19N/c1-3-12(2,13)10-9-11-7-5-4-6-8-11/h4-8H,3,9-10,13H2,1-2H3/t12-/m1/s1. The fraction of sp³-hybridized carbons (Fsp3) is 0.500. The summed E-state index contributed by atoms with van der Waals surface area (Å²) in [6.45, 7) is 4.26. The molecule has 1 aromatic rings. The third kappa shape index (κ3) is 3.60. The van der Waals surface area contributed by atoms with E-state index in [9.17, 15) is 0 Å². The maximum Gasteiger partial charge on any atom is 0.0126 e. The SMILES string of the molecule is CC[C@@](C)(N)CCc1ccccc1. The molecule has 13 heavy (non-hydrogen) atoms. The lowest BCUT2D eigenvalue weighted by molar-refractivity contribution is 0.418. The zero-order valence-electron chi connectivity index (χ0n) is 8.59. The van der Waals surface area contributed by atoms with Crippen LogP contribution in [0.5, 0.6) is 0 Å². The van der Waals surface area contributed by atoms with Crippen molar-refractivity contribution < 1.29 is 0 Å². The molecule has 0 aliphatic rings. The number of hydrogen-bond donors (Lipinski definition) is 1. The molecule has 1 nitrogen and oxygen atoms in total. The van der Waals surface area contributed by atoms with Gasteiger partial charge in [0.15, 0.2) is 0 Å². The summed E-state index contributed by atoms with van der Waals surface area (Å²) >= 11 is 0. The lowest BCUT2D eigenvalue weighted by Gasteiger charge is -2.22. The van der Waals surface area contributed by atoms with Crippen LogP contribution in [0.4, 0.5) is 0 Å². The molecule has 1 heteroatoms. The van der Waals surface area contributed by atoms with Gasteiger partial charge in [0.1, 0.15) is 0 Å². The second-order valence-electron chi connectivity index (χ2n) is 3.99. The van der Waals surface area contributed by atoms with Crippen molar-refractivity contribution in [2.24, 2.45) is 5.73 Å². The second kappa shape index (κ2) is 4.43. The van der Waals surface area contributed by atoms with Gasteiger partial charge in [-0.15, -0.1) is 0 Å². The molecule has 0 amide bonds. The first kappa shape index (κ1) is 10.3. The summed E-state index contributed by atoms with van der Waals surface area (Å²) in [5.74, 6) is 0. The van der Waals surface area contributed by atoms with E-state index in [1.807, 2.05) is 6.07 Å². The van der Waals surface area contributed by atoms with Crippen molar-refractivity contribution >= 4 is 0 Å². The van der Waals surface area contributed by atoms with E-state index in [0.717, 1.165) is 19.3 Å². The molecule has 0 unspecified atom stereocenters. The van der Waals surface area contributed by atoms with Crippen LogP contribution < -0.4 is 5.73 Å². The van der Waals surface area contributed by atoms with Gasteiger partial charge in [-0.1, -0.05) is 37.3 Å². The predicted molar refractivity (Wildman–Crippen MR) is 57.6 cm³/mol. The summed E-state index contributed by atoms with van der Waals surface area (Å²) in [5.41, 5.74) is 7.44. The molecule has 0 spiro atoms. The van der Waals surface area contributed by atoms with Gasteiger partial charge < -0.3 is 5.73 Å². The fourth-order valence-electron chi connectivity index (χ4n) is 1.25. The van der Waals surface area contributed by atoms with E-state index in [1.54, 1.807) is 0 Å². The van der Waals surface area contributed by atoms with E-state index >= 15 is 0 Å². The van der Waals surface area contributed by atoms with Gasteiger partial charge in [0, 0.05) is 5.54 Å². The van der Waals surface area contributed by atoms with Gasteiger partial charge in [-0.2, -0.15) is 0 Å². The molecule has 72 valence electrons. The largest absolute Gasteiger partial charge is 0.325 e. The van der Waals surface area contributed by atoms with Crippen molar-refractivity contribution in [1.82, 2.24) is 0 Å². The minimum absolute atomic E-state index is 0.00413. The van der Waals surface area contributed by atoms with Gasteiger partial charge in [-0.25, -0.2) is 0 Å². The molecular weight excluding hydrogens is 158 g/mol. The summed E-state index contributed by atoms with van der Waals surface area (Å²) in [6.07, 6.45) is 3.19. The molecule has 0 aromatic heterocycles. The molecule has 0 fully saturated rings. The van der Waals surface area contributed by atoms with Crippen molar-refractivity contribution in [2.75, 3.05) is 0 Å². The number of nitrogens with two attached hydrogens (primary N) is 1. The van der Waals surface area contributed by atoms with Crippen LogP contribution in [0.2, 0.25) is 0 Å². The highest BCUT2D eigenvalue weighted by molar-refractivity contribution is 5.15. The number of aryl methyl sites for hydroxylation is 1. The molecule has 0 bridgehead atoms. The summed E-state index contributed by atoms with van der Waals surface area (Å²) in [4.78, 5) is 0. The quantitative estimate of drug-likeness (QED) is 0.752. The first-order valence-electron chi connectivity index (χ1n) is 4.97. The maximum absolute atomic E-state index is 6.06. The highest BCUT2D eigenvalue weighted by Gasteiger charge is 2.14. The van der Waals surface area contributed by atoms with Crippen molar-refractivity contribution in [3.8, 4) is 0 Å². The van der Waals surface area contributed by atoms with Crippen LogP contribution in [-0.4, -0.2) is 5.54 Å². The number of benzene rings is 1. The summed E-state index contributed by atoms with van der Waals surface area (Å²) < 4.78 is 0. The summed E-state index contributed by atoms with van der Waals surface area (Å²) in [5, 5.41) is 0. The molecule has 2 N–H and O–H groups in total. The van der Waals surface area contributed by atoms with Gasteiger partial charge >= 0.3 is 0 Å². The van der Waals surface area contributed by atoms with Crippen LogP contribution in [0.15, 0.2) is 30.3 Å². The molecule has 1 aromatic carbocycles. The third-order valence-corrected chi connectivity index (χ3v) is 2.64. The highest BCUT2D eigenvalue weighted by atomic mass is 14.7. The van der Waals surface area contributed by atoms with Crippen LogP contribution in [0, 0.1) is 0 Å². The van der Waals surface area contributed by atoms with Crippen LogP contribution in [0.3, 0.4) is 0 Å². The Hall–Kier alpha value is -0.820. The van der Waals surface area contributed by atoms with E-state index in [0.29, 0.717) is 0 Å². The molecule has 1 rings (SSSR count). The molecule has 0 saturated carbocycles. The summed E-state index contributed by atoms with van der Waals surface area (Å²) in [6, 6.07) is 10.5. The molecule has 0 saturated heterocycles. The van der Waals surface area contributed by atoms with Crippen LogP contribution >= 0.6 is 0 Å². The van der Waals surface area contributed by atoms with Gasteiger partial charge in [-0.05, 0) is 31.7 Å². The minimum atomic E-state index is -0.00413. The smallest absolute Gasteiger partial charge is 0.0126 e. The third-order valence-electron chi connectivity index (χ3n) is 2.64. The van der Waals surface area contributed by atoms with E-state index in [2.05, 4.69) is 38.1 Å². The Labute approximate surface area is 81.0 Å². The molecule has 0 aliphatic carbocycles. The molecular formula is C12H19N. The van der Waals surface area contributed by atoms with Crippen LogP contribution in [0.25, 0.3) is 0 Å². The Balaban J connectivity index is 2.44. The molecule has 0 aliphatic heterocycles. The first-order chi connectivity index (χ1) is 6.14. The Morgan fingerprint density at radius 3 is 2.38 bits per heavy atom. The minimum Gasteiger partial charge on any atom is -0.325 e. The van der Waals surface area contributed by atoms with Crippen molar-refractivity contribution in [1.29, 1.82) is 0 Å². The molecule has 0 heterocycles. The van der Waals surface area contributed by atoms with Gasteiger partial charge in [0.05, 0.1) is 0 Å². The Bertz CT molecular complexity index is 239. The number of rotatable bonds is 4. The lowest BCUT2D eigenvalue weighted by Crippen LogP contribution is -2.35. The molecule has 1 atom stereocenters. The monoisotopic (exact) mass is 177 g/mol. The van der Waals surface area contributed by atoms with Gasteiger partial charge in [0.25, 0.3) is 0 Å². The summed E-state index contributed by atoms with van der Waals surface area (Å²) in [7, 11) is 0. The average molecular weight is 177 g/mol. The first-order valence-corrected chi connectivity index (χ1v) is 4.97. The van der Waals surface area contributed by atoms with Crippen molar-refractivity contribution in [3.05, 3.63) is 35.9 Å². The predicted octanol–water partition coefficient (Wildman–Crippen LogP) is 2.75. The Morgan fingerprint density at radius 1 is 1.23 bits per heavy atom. The number of hydrogen-bond acceptors (Lipinski definition) is 1. The van der Waals surface area contributed by atoms with Crippen molar-refractivity contribution in [2.45, 2.75) is 38.6 Å². The Kier molecular flexibility index (Phi) is 3.49. The lowest BCUT2D eigenvalue weighted by atomic mass is 9.92. The highest BCUT2D eigenvalue weighted by Crippen LogP contribution is 2.14. The van der Waals surface area contributed by atoms with E-state index in [1.165, 1.54) is 5.56 Å². The topological polar surface area (TPSA) is 26.0 Å². The van der Waals surface area contributed by atoms with Crippen LogP contribution in [0.1, 0.15) is 32.3 Å².